The van der Waals surface area contributed by atoms with Crippen LogP contribution in [-0.2, 0) is 16.6 Å². The zero-order valence-electron chi connectivity index (χ0n) is 17.0. The number of hydrogen-bond acceptors (Lipinski definition) is 2. The van der Waals surface area contributed by atoms with Crippen molar-refractivity contribution in [3.63, 3.8) is 0 Å². The Hall–Kier alpha value is -1.41. The van der Waals surface area contributed by atoms with Gasteiger partial charge in [-0.05, 0) is 29.4 Å². The van der Waals surface area contributed by atoms with Gasteiger partial charge in [-0.2, -0.15) is 12.6 Å². The summed E-state index contributed by atoms with van der Waals surface area (Å²) in [6, 6.07) is 15.1. The average Bonchev–Trinajstić information content (AvgIpc) is 2.61. The summed E-state index contributed by atoms with van der Waals surface area (Å²) < 4.78 is 0. The van der Waals surface area contributed by atoms with Gasteiger partial charge in [-0.3, -0.25) is 0 Å². The van der Waals surface area contributed by atoms with Gasteiger partial charge in [0.2, 0.25) is 0 Å². The van der Waals surface area contributed by atoms with Crippen molar-refractivity contribution in [1.29, 1.82) is 0 Å². The molecule has 0 bridgehead atoms. The van der Waals surface area contributed by atoms with Crippen LogP contribution in [-0.4, -0.2) is 5.11 Å². The predicted octanol–water partition coefficient (Wildman–Crippen LogP) is 7.01. The van der Waals surface area contributed by atoms with Crippen LogP contribution in [0.15, 0.2) is 42.5 Å². The van der Waals surface area contributed by atoms with E-state index in [4.69, 9.17) is 0 Å². The first-order chi connectivity index (χ1) is 12.3. The van der Waals surface area contributed by atoms with Crippen molar-refractivity contribution < 1.29 is 5.11 Å². The molecular weight excluding hydrogens is 336 g/mol. The molecule has 2 aromatic rings. The quantitative estimate of drug-likeness (QED) is 0.502. The summed E-state index contributed by atoms with van der Waals surface area (Å²) in [5.74, 6) is 0.977. The van der Waals surface area contributed by atoms with E-state index < -0.39 is 0 Å². The van der Waals surface area contributed by atoms with E-state index in [1.54, 1.807) is 0 Å². The van der Waals surface area contributed by atoms with Gasteiger partial charge in [0.1, 0.15) is 5.75 Å². The fraction of sp³-hybridized carbons (Fsp3) is 0.500. The molecule has 2 heteroatoms. The Morgan fingerprint density at radius 3 is 1.92 bits per heavy atom. The average molecular weight is 371 g/mol. The van der Waals surface area contributed by atoms with Crippen molar-refractivity contribution >= 4 is 12.6 Å². The maximum Gasteiger partial charge on any atom is 0.123 e. The summed E-state index contributed by atoms with van der Waals surface area (Å²) in [7, 11) is 0. The zero-order valence-corrected chi connectivity index (χ0v) is 17.9. The topological polar surface area (TPSA) is 20.2 Å². The second-order valence-corrected chi connectivity index (χ2v) is 8.70. The fourth-order valence-electron chi connectivity index (χ4n) is 4.06. The molecule has 1 nitrogen and oxygen atoms in total. The molecule has 0 aliphatic heterocycles. The Morgan fingerprint density at radius 1 is 0.885 bits per heavy atom. The summed E-state index contributed by atoms with van der Waals surface area (Å²) in [6.07, 6.45) is 4.20. The molecule has 0 heterocycles. The fourth-order valence-corrected chi connectivity index (χ4v) is 4.30. The van der Waals surface area contributed by atoms with Gasteiger partial charge in [0.25, 0.3) is 0 Å². The Kier molecular flexibility index (Phi) is 6.85. The number of benzene rings is 2. The zero-order chi connectivity index (χ0) is 19.4. The van der Waals surface area contributed by atoms with E-state index >= 15 is 0 Å². The van der Waals surface area contributed by atoms with Crippen LogP contribution < -0.4 is 0 Å². The molecule has 2 aromatic carbocycles. The second-order valence-electron chi connectivity index (χ2n) is 8.39. The maximum atomic E-state index is 11.2. The van der Waals surface area contributed by atoms with Crippen molar-refractivity contribution in [2.75, 3.05) is 0 Å². The van der Waals surface area contributed by atoms with Crippen LogP contribution in [0.3, 0.4) is 0 Å². The monoisotopic (exact) mass is 370 g/mol. The number of aromatic hydroxyl groups is 1. The Labute approximate surface area is 165 Å². The second kappa shape index (κ2) is 8.52. The minimum absolute atomic E-state index is 0.0288. The smallest absolute Gasteiger partial charge is 0.123 e. The van der Waals surface area contributed by atoms with Gasteiger partial charge in [0.15, 0.2) is 0 Å². The lowest BCUT2D eigenvalue weighted by molar-refractivity contribution is 0.389. The van der Waals surface area contributed by atoms with Gasteiger partial charge >= 0.3 is 0 Å². The molecule has 0 aliphatic carbocycles. The molecule has 0 unspecified atom stereocenters. The van der Waals surface area contributed by atoms with E-state index in [0.717, 1.165) is 36.8 Å². The van der Waals surface area contributed by atoms with Gasteiger partial charge in [-0.25, -0.2) is 0 Å². The molecule has 0 aromatic heterocycles. The molecular formula is C24H34OS. The molecule has 0 saturated carbocycles. The normalized spacial score (nSPS) is 12.4. The van der Waals surface area contributed by atoms with Gasteiger partial charge in [0, 0.05) is 22.3 Å². The molecule has 0 spiro atoms. The lowest BCUT2D eigenvalue weighted by Gasteiger charge is -2.37. The van der Waals surface area contributed by atoms with Crippen LogP contribution in [0.1, 0.15) is 82.6 Å². The molecule has 142 valence electrons. The summed E-state index contributed by atoms with van der Waals surface area (Å²) in [4.78, 5) is 0. The minimum atomic E-state index is -0.159. The number of phenolic OH excluding ortho intramolecular Hbond substituents is 1. The summed E-state index contributed by atoms with van der Waals surface area (Å²) in [6.45, 7) is 11.2. The van der Waals surface area contributed by atoms with Crippen LogP contribution in [0, 0.1) is 0 Å². The van der Waals surface area contributed by atoms with Gasteiger partial charge in [-0.1, -0.05) is 89.9 Å². The third-order valence-electron chi connectivity index (χ3n) is 5.42. The van der Waals surface area contributed by atoms with Crippen LogP contribution in [0.25, 0.3) is 0 Å². The molecule has 0 atom stereocenters. The first-order valence-electron chi connectivity index (χ1n) is 9.83. The Morgan fingerprint density at radius 2 is 1.46 bits per heavy atom. The van der Waals surface area contributed by atoms with Crippen LogP contribution in [0.5, 0.6) is 5.75 Å². The minimum Gasteiger partial charge on any atom is -0.507 e. The Balaban J connectivity index is 2.83. The third kappa shape index (κ3) is 4.11. The van der Waals surface area contributed by atoms with E-state index in [0.29, 0.717) is 11.5 Å². The van der Waals surface area contributed by atoms with Crippen molar-refractivity contribution in [3.05, 3.63) is 64.7 Å². The van der Waals surface area contributed by atoms with Crippen molar-refractivity contribution in [2.24, 2.45) is 0 Å². The highest BCUT2D eigenvalue weighted by molar-refractivity contribution is 7.79. The van der Waals surface area contributed by atoms with E-state index in [2.05, 4.69) is 89.7 Å². The van der Waals surface area contributed by atoms with Crippen molar-refractivity contribution in [2.45, 2.75) is 76.9 Å². The van der Waals surface area contributed by atoms with Crippen LogP contribution >= 0.6 is 12.6 Å². The van der Waals surface area contributed by atoms with E-state index in [1.165, 1.54) is 11.1 Å². The summed E-state index contributed by atoms with van der Waals surface area (Å²) in [5.41, 5.74) is 4.44. The summed E-state index contributed by atoms with van der Waals surface area (Å²) >= 11 is 4.50. The molecule has 26 heavy (non-hydrogen) atoms. The number of phenols is 1. The molecule has 0 fully saturated rings. The van der Waals surface area contributed by atoms with E-state index in [1.807, 2.05) is 0 Å². The van der Waals surface area contributed by atoms with Crippen LogP contribution in [0.4, 0.5) is 0 Å². The van der Waals surface area contributed by atoms with Crippen molar-refractivity contribution in [1.82, 2.24) is 0 Å². The Bertz CT molecular complexity index is 707. The number of thiol groups is 1. The summed E-state index contributed by atoms with van der Waals surface area (Å²) in [5, 5.41) is 11.2. The van der Waals surface area contributed by atoms with Crippen molar-refractivity contribution in [3.8, 4) is 5.75 Å². The first kappa shape index (κ1) is 20.9. The maximum absolute atomic E-state index is 11.2. The number of rotatable bonds is 7. The SMILES string of the molecule is CCCC(CCC)(c1ccccc1)c1cc(C(C)(C)C)cc(CS)c1O. The lowest BCUT2D eigenvalue weighted by atomic mass is 9.67. The molecule has 0 saturated heterocycles. The van der Waals surface area contributed by atoms with Gasteiger partial charge in [-0.15, -0.1) is 0 Å². The van der Waals surface area contributed by atoms with E-state index in [9.17, 15) is 5.11 Å². The van der Waals surface area contributed by atoms with Crippen LogP contribution in [0.2, 0.25) is 0 Å². The lowest BCUT2D eigenvalue weighted by Crippen LogP contribution is -2.29. The molecule has 1 N–H and O–H groups in total. The van der Waals surface area contributed by atoms with Gasteiger partial charge < -0.3 is 5.11 Å². The highest BCUT2D eigenvalue weighted by atomic mass is 32.1. The molecule has 0 radical (unpaired) electrons. The van der Waals surface area contributed by atoms with Gasteiger partial charge in [0.05, 0.1) is 0 Å². The third-order valence-corrected chi connectivity index (χ3v) is 5.76. The molecule has 0 aliphatic rings. The standard InChI is InChI=1S/C24H34OS/c1-6-13-24(14-7-2,19-11-9-8-10-12-19)21-16-20(23(3,4)5)15-18(17-26)22(21)25/h8-12,15-16,25-26H,6-7,13-14,17H2,1-5H3. The number of hydrogen-bond donors (Lipinski definition) is 2. The van der Waals surface area contributed by atoms with E-state index in [-0.39, 0.29) is 10.8 Å². The largest absolute Gasteiger partial charge is 0.507 e. The molecule has 2 rings (SSSR count). The highest BCUT2D eigenvalue weighted by Crippen LogP contribution is 2.47. The highest BCUT2D eigenvalue weighted by Gasteiger charge is 2.36. The first-order valence-corrected chi connectivity index (χ1v) is 10.5. The molecule has 0 amide bonds. The predicted molar refractivity (Wildman–Crippen MR) is 117 cm³/mol.